The average Bonchev–Trinajstić information content (AvgIpc) is 3.55. The van der Waals surface area contributed by atoms with Crippen LogP contribution < -0.4 is 0 Å². The van der Waals surface area contributed by atoms with E-state index in [1.54, 1.807) is 0 Å². The molecule has 144 valence electrons. The standard InChI is InChI=1S/3C7H8O2/c1-4(7-3-8-7)2-6-5(1)9-6;2*1-2-5-7(9-5)4(1)6-3-8-6/h2*1,5-7H,2-3H2;1-2,4-7H,3H2. The maximum Gasteiger partial charge on any atom is 0.108 e. The van der Waals surface area contributed by atoms with Gasteiger partial charge in [0.25, 0.3) is 0 Å². The SMILES string of the molecule is C1=C(C2CO2)C2OC2C1.C1=C(C2CO2)CC2OC12.C1=CC(C2CO2)C2OC12. The molecule has 0 amide bonds. The summed E-state index contributed by atoms with van der Waals surface area (Å²) < 4.78 is 31.3. The summed E-state index contributed by atoms with van der Waals surface area (Å²) in [5, 5.41) is 0. The molecule has 6 heterocycles. The Morgan fingerprint density at radius 2 is 1.63 bits per heavy atom. The van der Waals surface area contributed by atoms with Crippen LogP contribution in [-0.4, -0.2) is 74.8 Å². The van der Waals surface area contributed by atoms with Gasteiger partial charge < -0.3 is 28.4 Å². The van der Waals surface area contributed by atoms with Crippen LogP contribution in [0.15, 0.2) is 35.5 Å². The quantitative estimate of drug-likeness (QED) is 0.549. The van der Waals surface area contributed by atoms with Crippen molar-refractivity contribution in [2.24, 2.45) is 5.92 Å². The van der Waals surface area contributed by atoms with Gasteiger partial charge in [-0.15, -0.1) is 0 Å². The molecule has 0 aromatic rings. The molecule has 0 aromatic carbocycles. The fourth-order valence-electron chi connectivity index (χ4n) is 4.58. The van der Waals surface area contributed by atoms with Gasteiger partial charge in [-0.25, -0.2) is 0 Å². The highest BCUT2D eigenvalue weighted by atomic mass is 16.6. The summed E-state index contributed by atoms with van der Waals surface area (Å²) in [5.41, 5.74) is 2.90. The number of fused-ring (bicyclic) bond motifs is 3. The number of ether oxygens (including phenoxy) is 6. The summed E-state index contributed by atoms with van der Waals surface area (Å²) in [4.78, 5) is 0. The Kier molecular flexibility index (Phi) is 3.38. The third-order valence-corrected chi connectivity index (χ3v) is 6.64. The second kappa shape index (κ2) is 5.75. The van der Waals surface area contributed by atoms with Crippen molar-refractivity contribution in [3.63, 3.8) is 0 Å². The molecule has 0 radical (unpaired) electrons. The minimum absolute atomic E-state index is 0.447. The lowest BCUT2D eigenvalue weighted by molar-refractivity contribution is 0.288. The largest absolute Gasteiger partial charge is 0.372 e. The maximum atomic E-state index is 5.32. The molecule has 6 nitrogen and oxygen atoms in total. The molecule has 3 aliphatic carbocycles. The van der Waals surface area contributed by atoms with Crippen LogP contribution in [0.3, 0.4) is 0 Å². The lowest BCUT2D eigenvalue weighted by atomic mass is 10.1. The second-order valence-corrected chi connectivity index (χ2v) is 8.66. The summed E-state index contributed by atoms with van der Waals surface area (Å²) >= 11 is 0. The highest BCUT2D eigenvalue weighted by molar-refractivity contribution is 5.31. The van der Waals surface area contributed by atoms with Crippen LogP contribution >= 0.6 is 0 Å². The number of epoxide rings is 6. The summed E-state index contributed by atoms with van der Waals surface area (Å²) in [5.74, 6) is 0.593. The van der Waals surface area contributed by atoms with E-state index in [0.29, 0.717) is 60.9 Å². The normalized spacial score (nSPS) is 54.8. The Morgan fingerprint density at radius 3 is 2.11 bits per heavy atom. The molecule has 6 aliphatic heterocycles. The highest BCUT2D eigenvalue weighted by Crippen LogP contribution is 2.44. The second-order valence-electron chi connectivity index (χ2n) is 8.66. The molecule has 0 aromatic heterocycles. The zero-order valence-corrected chi connectivity index (χ0v) is 15.1. The maximum absolute atomic E-state index is 5.32. The molecule has 9 rings (SSSR count). The van der Waals surface area contributed by atoms with Crippen LogP contribution in [0.2, 0.25) is 0 Å². The van der Waals surface area contributed by atoms with E-state index in [9.17, 15) is 0 Å². The van der Waals surface area contributed by atoms with E-state index in [1.165, 1.54) is 11.1 Å². The van der Waals surface area contributed by atoms with E-state index in [-0.39, 0.29) is 0 Å². The van der Waals surface area contributed by atoms with Crippen LogP contribution in [0, 0.1) is 5.92 Å². The molecule has 6 saturated heterocycles. The van der Waals surface area contributed by atoms with E-state index < -0.39 is 0 Å². The summed E-state index contributed by atoms with van der Waals surface area (Å²) in [6.07, 6.45) is 15.6. The van der Waals surface area contributed by atoms with Gasteiger partial charge in [-0.05, 0) is 17.6 Å². The van der Waals surface area contributed by atoms with Gasteiger partial charge in [-0.2, -0.15) is 0 Å². The van der Waals surface area contributed by atoms with Gasteiger partial charge in [-0.3, -0.25) is 0 Å². The molecular weight excluding hydrogens is 348 g/mol. The van der Waals surface area contributed by atoms with Crippen LogP contribution in [0.4, 0.5) is 0 Å². The third-order valence-electron chi connectivity index (χ3n) is 6.64. The first kappa shape index (κ1) is 15.9. The lowest BCUT2D eigenvalue weighted by Crippen LogP contribution is -2.09. The number of hydrogen-bond acceptors (Lipinski definition) is 6. The Hall–Kier alpha value is -1.02. The molecule has 27 heavy (non-hydrogen) atoms. The van der Waals surface area contributed by atoms with E-state index >= 15 is 0 Å². The van der Waals surface area contributed by atoms with Crippen molar-refractivity contribution in [2.45, 2.75) is 67.8 Å². The minimum Gasteiger partial charge on any atom is -0.372 e. The predicted molar refractivity (Wildman–Crippen MR) is 93.2 cm³/mol. The Balaban J connectivity index is 0.0000000756. The van der Waals surface area contributed by atoms with Crippen molar-refractivity contribution in [1.82, 2.24) is 0 Å². The molecule has 6 heteroatoms. The third kappa shape index (κ3) is 3.22. The van der Waals surface area contributed by atoms with Crippen molar-refractivity contribution in [3.8, 4) is 0 Å². The van der Waals surface area contributed by atoms with Crippen LogP contribution in [0.5, 0.6) is 0 Å². The smallest absolute Gasteiger partial charge is 0.108 e. The van der Waals surface area contributed by atoms with Gasteiger partial charge in [-0.1, -0.05) is 24.3 Å². The molecule has 0 N–H and O–H groups in total. The molecule has 0 bridgehead atoms. The summed E-state index contributed by atoms with van der Waals surface area (Å²) in [7, 11) is 0. The molecule has 6 fully saturated rings. The molecule has 10 unspecified atom stereocenters. The average molecular weight is 372 g/mol. The number of rotatable bonds is 3. The van der Waals surface area contributed by atoms with Crippen molar-refractivity contribution in [1.29, 1.82) is 0 Å². The first-order chi connectivity index (χ1) is 13.3. The summed E-state index contributed by atoms with van der Waals surface area (Å²) in [6, 6.07) is 0. The zero-order chi connectivity index (χ0) is 17.5. The molecule has 10 atom stereocenters. The molecule has 9 aliphatic rings. The zero-order valence-electron chi connectivity index (χ0n) is 15.1. The Labute approximate surface area is 158 Å². The van der Waals surface area contributed by atoms with Crippen LogP contribution in [-0.2, 0) is 28.4 Å². The van der Waals surface area contributed by atoms with Gasteiger partial charge in [0.1, 0.15) is 30.5 Å². The highest BCUT2D eigenvalue weighted by Gasteiger charge is 2.53. The molecular formula is C21H24O6. The first-order valence-corrected chi connectivity index (χ1v) is 10.2. The van der Waals surface area contributed by atoms with Gasteiger partial charge in [0.05, 0.1) is 44.2 Å². The molecule has 0 spiro atoms. The molecule has 0 saturated carbocycles. The topological polar surface area (TPSA) is 75.2 Å². The van der Waals surface area contributed by atoms with Gasteiger partial charge >= 0.3 is 0 Å². The van der Waals surface area contributed by atoms with Gasteiger partial charge in [0.15, 0.2) is 0 Å². The van der Waals surface area contributed by atoms with E-state index in [4.69, 9.17) is 28.4 Å². The van der Waals surface area contributed by atoms with Crippen molar-refractivity contribution >= 4 is 0 Å². The Bertz CT molecular complexity index is 731. The van der Waals surface area contributed by atoms with Gasteiger partial charge in [0, 0.05) is 12.3 Å². The fraction of sp³-hybridized carbons (Fsp3) is 0.714. The van der Waals surface area contributed by atoms with E-state index in [2.05, 4.69) is 24.3 Å². The van der Waals surface area contributed by atoms with Crippen LogP contribution in [0.25, 0.3) is 0 Å². The summed E-state index contributed by atoms with van der Waals surface area (Å²) in [6.45, 7) is 2.82. The fourth-order valence-corrected chi connectivity index (χ4v) is 4.58. The first-order valence-electron chi connectivity index (χ1n) is 10.2. The van der Waals surface area contributed by atoms with E-state index in [1.807, 2.05) is 0 Å². The van der Waals surface area contributed by atoms with Crippen molar-refractivity contribution < 1.29 is 28.4 Å². The van der Waals surface area contributed by atoms with E-state index in [0.717, 1.165) is 32.7 Å². The lowest BCUT2D eigenvalue weighted by Gasteiger charge is -1.99. The van der Waals surface area contributed by atoms with Crippen molar-refractivity contribution in [3.05, 3.63) is 35.5 Å². The van der Waals surface area contributed by atoms with Crippen molar-refractivity contribution in [2.75, 3.05) is 19.8 Å². The minimum atomic E-state index is 0.447. The monoisotopic (exact) mass is 372 g/mol. The number of hydrogen-bond donors (Lipinski definition) is 0. The Morgan fingerprint density at radius 1 is 0.778 bits per heavy atom. The predicted octanol–water partition coefficient (Wildman–Crippen LogP) is 1.30. The van der Waals surface area contributed by atoms with Gasteiger partial charge in [0.2, 0.25) is 0 Å². The van der Waals surface area contributed by atoms with Crippen LogP contribution in [0.1, 0.15) is 12.8 Å².